The molecule has 0 saturated carbocycles. The minimum atomic E-state index is -0.379. The summed E-state index contributed by atoms with van der Waals surface area (Å²) in [7, 11) is 0. The van der Waals surface area contributed by atoms with Crippen molar-refractivity contribution in [1.82, 2.24) is 0 Å². The van der Waals surface area contributed by atoms with Crippen LogP contribution in [0.1, 0.15) is 52.0 Å². The first-order chi connectivity index (χ1) is 9.47. The van der Waals surface area contributed by atoms with Crippen molar-refractivity contribution >= 4 is 5.97 Å². The third-order valence-corrected chi connectivity index (χ3v) is 2.70. The molecule has 0 bridgehead atoms. The molecule has 0 radical (unpaired) electrons. The summed E-state index contributed by atoms with van der Waals surface area (Å²) in [6, 6.07) is 10.1. The molecule has 20 heavy (non-hydrogen) atoms. The molecule has 3 heteroatoms. The van der Waals surface area contributed by atoms with Crippen molar-refractivity contribution in [2.45, 2.75) is 58.7 Å². The average molecular weight is 278 g/mol. The molecule has 0 atom stereocenters. The molecule has 0 aromatic heterocycles. The predicted octanol–water partition coefficient (Wildman–Crippen LogP) is 4.11. The summed E-state index contributed by atoms with van der Waals surface area (Å²) in [4.78, 5) is 11.5. The van der Waals surface area contributed by atoms with Crippen molar-refractivity contribution in [3.8, 4) is 0 Å². The van der Waals surface area contributed by atoms with Gasteiger partial charge in [0.2, 0.25) is 0 Å². The summed E-state index contributed by atoms with van der Waals surface area (Å²) in [5.41, 5.74) is 0.817. The lowest BCUT2D eigenvalue weighted by Crippen LogP contribution is -2.23. The number of unbranched alkanes of at least 4 members (excludes halogenated alkanes) is 2. The first-order valence-electron chi connectivity index (χ1n) is 7.31. The molecule has 0 unspecified atom stereocenters. The Hall–Kier alpha value is -1.35. The fourth-order valence-corrected chi connectivity index (χ4v) is 1.81. The van der Waals surface area contributed by atoms with E-state index in [1.54, 1.807) is 0 Å². The molecule has 0 amide bonds. The van der Waals surface area contributed by atoms with Crippen LogP contribution in [0.25, 0.3) is 0 Å². The fraction of sp³-hybridized carbons (Fsp3) is 0.588. The lowest BCUT2D eigenvalue weighted by atomic mass is 10.1. The SMILES string of the molecule is CC(C)(C)OC(=O)CCCCCOCc1ccccc1. The number of rotatable bonds is 8. The molecule has 0 spiro atoms. The molecule has 0 aliphatic rings. The van der Waals surface area contributed by atoms with Crippen molar-refractivity contribution in [2.24, 2.45) is 0 Å². The lowest BCUT2D eigenvalue weighted by Gasteiger charge is -2.19. The van der Waals surface area contributed by atoms with Gasteiger partial charge in [0.05, 0.1) is 6.61 Å². The monoisotopic (exact) mass is 278 g/mol. The molecule has 3 nitrogen and oxygen atoms in total. The first-order valence-corrected chi connectivity index (χ1v) is 7.31. The lowest BCUT2D eigenvalue weighted by molar-refractivity contribution is -0.154. The number of esters is 1. The van der Waals surface area contributed by atoms with Gasteiger partial charge in [-0.1, -0.05) is 36.8 Å². The molecule has 0 saturated heterocycles. The number of ether oxygens (including phenoxy) is 2. The van der Waals surface area contributed by atoms with E-state index >= 15 is 0 Å². The minimum absolute atomic E-state index is 0.109. The third-order valence-electron chi connectivity index (χ3n) is 2.70. The Kier molecular flexibility index (Phi) is 7.31. The fourth-order valence-electron chi connectivity index (χ4n) is 1.81. The Morgan fingerprint density at radius 3 is 2.40 bits per heavy atom. The second-order valence-corrected chi connectivity index (χ2v) is 5.94. The topological polar surface area (TPSA) is 35.5 Å². The van der Waals surface area contributed by atoms with Crippen LogP contribution in [0.15, 0.2) is 30.3 Å². The van der Waals surface area contributed by atoms with Crippen molar-refractivity contribution in [1.29, 1.82) is 0 Å². The van der Waals surface area contributed by atoms with Crippen LogP contribution in [0.3, 0.4) is 0 Å². The van der Waals surface area contributed by atoms with E-state index < -0.39 is 0 Å². The van der Waals surface area contributed by atoms with Gasteiger partial charge in [-0.25, -0.2) is 0 Å². The smallest absolute Gasteiger partial charge is 0.306 e. The van der Waals surface area contributed by atoms with Gasteiger partial charge in [-0.3, -0.25) is 4.79 Å². The number of hydrogen-bond acceptors (Lipinski definition) is 3. The highest BCUT2D eigenvalue weighted by atomic mass is 16.6. The van der Waals surface area contributed by atoms with Crippen LogP contribution in [0, 0.1) is 0 Å². The second kappa shape index (κ2) is 8.75. The summed E-state index contributed by atoms with van der Waals surface area (Å²) in [5.74, 6) is -0.109. The van der Waals surface area contributed by atoms with E-state index in [2.05, 4.69) is 12.1 Å². The number of carbonyl (C=O) groups excluding carboxylic acids is 1. The standard InChI is InChI=1S/C17H26O3/c1-17(2,3)20-16(18)12-8-5-9-13-19-14-15-10-6-4-7-11-15/h4,6-7,10-11H,5,8-9,12-14H2,1-3H3. The van der Waals surface area contributed by atoms with Gasteiger partial charge in [0, 0.05) is 13.0 Å². The molecule has 0 fully saturated rings. The maximum absolute atomic E-state index is 11.5. The maximum Gasteiger partial charge on any atom is 0.306 e. The van der Waals surface area contributed by atoms with Gasteiger partial charge >= 0.3 is 5.97 Å². The van der Waals surface area contributed by atoms with E-state index in [1.165, 1.54) is 5.56 Å². The highest BCUT2D eigenvalue weighted by Crippen LogP contribution is 2.10. The average Bonchev–Trinajstić information content (AvgIpc) is 2.37. The van der Waals surface area contributed by atoms with Crippen molar-refractivity contribution < 1.29 is 14.3 Å². The molecule has 0 heterocycles. The highest BCUT2D eigenvalue weighted by Gasteiger charge is 2.15. The Bertz CT molecular complexity index is 379. The highest BCUT2D eigenvalue weighted by molar-refractivity contribution is 5.69. The Labute approximate surface area is 122 Å². The van der Waals surface area contributed by atoms with Crippen LogP contribution >= 0.6 is 0 Å². The van der Waals surface area contributed by atoms with Crippen LogP contribution in [0.5, 0.6) is 0 Å². The van der Waals surface area contributed by atoms with E-state index in [0.717, 1.165) is 25.9 Å². The van der Waals surface area contributed by atoms with E-state index in [4.69, 9.17) is 9.47 Å². The summed E-state index contributed by atoms with van der Waals surface area (Å²) >= 11 is 0. The van der Waals surface area contributed by atoms with Crippen LogP contribution in [0.4, 0.5) is 0 Å². The summed E-state index contributed by atoms with van der Waals surface area (Å²) in [6.07, 6.45) is 3.34. The molecule has 1 aromatic carbocycles. The zero-order valence-corrected chi connectivity index (χ0v) is 12.9. The van der Waals surface area contributed by atoms with Crippen LogP contribution in [0.2, 0.25) is 0 Å². The molecule has 0 aliphatic heterocycles. The van der Waals surface area contributed by atoms with Crippen molar-refractivity contribution in [3.05, 3.63) is 35.9 Å². The van der Waals surface area contributed by atoms with Crippen LogP contribution < -0.4 is 0 Å². The summed E-state index contributed by atoms with van der Waals surface area (Å²) in [5, 5.41) is 0. The number of carbonyl (C=O) groups is 1. The molecule has 1 aromatic rings. The molecule has 0 N–H and O–H groups in total. The van der Waals surface area contributed by atoms with Gasteiger partial charge < -0.3 is 9.47 Å². The number of benzene rings is 1. The van der Waals surface area contributed by atoms with Gasteiger partial charge in [-0.2, -0.15) is 0 Å². The second-order valence-electron chi connectivity index (χ2n) is 5.94. The van der Waals surface area contributed by atoms with Crippen LogP contribution in [-0.4, -0.2) is 18.2 Å². The first kappa shape index (κ1) is 16.7. The molecule has 0 aliphatic carbocycles. The van der Waals surface area contributed by atoms with E-state index in [0.29, 0.717) is 13.0 Å². The van der Waals surface area contributed by atoms with E-state index in [-0.39, 0.29) is 11.6 Å². The Balaban J connectivity index is 1.96. The summed E-state index contributed by atoms with van der Waals surface area (Å²) < 4.78 is 10.8. The summed E-state index contributed by atoms with van der Waals surface area (Å²) in [6.45, 7) is 7.07. The molecule has 112 valence electrons. The number of hydrogen-bond donors (Lipinski definition) is 0. The van der Waals surface area contributed by atoms with Crippen molar-refractivity contribution in [2.75, 3.05) is 6.61 Å². The van der Waals surface area contributed by atoms with Gasteiger partial charge in [-0.15, -0.1) is 0 Å². The molecule has 1 rings (SSSR count). The van der Waals surface area contributed by atoms with E-state index in [1.807, 2.05) is 39.0 Å². The van der Waals surface area contributed by atoms with Crippen LogP contribution in [-0.2, 0) is 20.9 Å². The molecular weight excluding hydrogens is 252 g/mol. The van der Waals surface area contributed by atoms with Gasteiger partial charge in [-0.05, 0) is 39.2 Å². The van der Waals surface area contributed by atoms with Gasteiger partial charge in [0.15, 0.2) is 0 Å². The Morgan fingerprint density at radius 1 is 1.05 bits per heavy atom. The van der Waals surface area contributed by atoms with Gasteiger partial charge in [0.25, 0.3) is 0 Å². The largest absolute Gasteiger partial charge is 0.460 e. The normalized spacial score (nSPS) is 11.3. The molecular formula is C17H26O3. The zero-order chi connectivity index (χ0) is 14.8. The van der Waals surface area contributed by atoms with Gasteiger partial charge in [0.1, 0.15) is 5.60 Å². The zero-order valence-electron chi connectivity index (χ0n) is 12.9. The maximum atomic E-state index is 11.5. The third kappa shape index (κ3) is 8.70. The van der Waals surface area contributed by atoms with Crippen molar-refractivity contribution in [3.63, 3.8) is 0 Å². The quantitative estimate of drug-likeness (QED) is 0.530. The Morgan fingerprint density at radius 2 is 1.75 bits per heavy atom. The van der Waals surface area contributed by atoms with E-state index in [9.17, 15) is 4.79 Å². The minimum Gasteiger partial charge on any atom is -0.460 e. The predicted molar refractivity (Wildman–Crippen MR) is 80.4 cm³/mol.